The average molecular weight is 368 g/mol. The van der Waals surface area contributed by atoms with Gasteiger partial charge in [-0.1, -0.05) is 25.1 Å². The fraction of sp³-hybridized carbons (Fsp3) is 0.364. The minimum Gasteiger partial charge on any atom is -0.481 e. The van der Waals surface area contributed by atoms with Gasteiger partial charge in [0.25, 0.3) is 11.8 Å². The number of carbonyl (C=O) groups is 2. The predicted octanol–water partition coefficient (Wildman–Crippen LogP) is 4.16. The number of amides is 2. The van der Waals surface area contributed by atoms with Crippen molar-refractivity contribution in [1.29, 1.82) is 0 Å². The number of hydrogen-bond acceptors (Lipinski definition) is 3. The molecule has 2 amide bonds. The maximum Gasteiger partial charge on any atom is 0.265 e. The fourth-order valence-electron chi connectivity index (χ4n) is 2.73. The summed E-state index contributed by atoms with van der Waals surface area (Å²) >= 11 is 0. The predicted molar refractivity (Wildman–Crippen MR) is 108 cm³/mol. The molecule has 5 nitrogen and oxygen atoms in total. The molecule has 2 aromatic rings. The maximum atomic E-state index is 12.6. The smallest absolute Gasteiger partial charge is 0.265 e. The van der Waals surface area contributed by atoms with E-state index in [2.05, 4.69) is 16.7 Å². The van der Waals surface area contributed by atoms with E-state index < -0.39 is 6.10 Å². The summed E-state index contributed by atoms with van der Waals surface area (Å²) in [6.07, 6.45) is 0.150. The van der Waals surface area contributed by atoms with Gasteiger partial charge in [-0.2, -0.15) is 0 Å². The summed E-state index contributed by atoms with van der Waals surface area (Å²) in [6.45, 7) is 10.3. The molecule has 0 saturated heterocycles. The molecule has 5 heteroatoms. The molecule has 1 atom stereocenters. The van der Waals surface area contributed by atoms with Crippen LogP contribution in [0.4, 0.5) is 5.69 Å². The molecule has 0 aliphatic carbocycles. The summed E-state index contributed by atoms with van der Waals surface area (Å²) in [5.74, 6) is 0.194. The molecule has 0 saturated carbocycles. The van der Waals surface area contributed by atoms with E-state index in [1.807, 2.05) is 33.8 Å². The number of carbonyl (C=O) groups excluding carboxylic acids is 2. The van der Waals surface area contributed by atoms with Gasteiger partial charge in [-0.25, -0.2) is 0 Å². The van der Waals surface area contributed by atoms with Crippen molar-refractivity contribution in [2.45, 2.75) is 47.1 Å². The number of anilines is 1. The molecule has 0 spiro atoms. The molecule has 0 aromatic heterocycles. The normalized spacial score (nSPS) is 11.6. The second kappa shape index (κ2) is 9.21. The van der Waals surface area contributed by atoms with Gasteiger partial charge >= 0.3 is 0 Å². The Kier molecular flexibility index (Phi) is 6.99. The first-order valence-electron chi connectivity index (χ1n) is 9.26. The Morgan fingerprint density at radius 1 is 1.11 bits per heavy atom. The van der Waals surface area contributed by atoms with E-state index in [-0.39, 0.29) is 11.8 Å². The first-order valence-corrected chi connectivity index (χ1v) is 9.26. The van der Waals surface area contributed by atoms with Crippen LogP contribution in [-0.2, 0) is 4.79 Å². The first kappa shape index (κ1) is 20.5. The van der Waals surface area contributed by atoms with Crippen LogP contribution in [0.15, 0.2) is 36.4 Å². The first-order chi connectivity index (χ1) is 12.8. The fourth-order valence-corrected chi connectivity index (χ4v) is 2.73. The molecule has 0 heterocycles. The van der Waals surface area contributed by atoms with E-state index in [0.29, 0.717) is 23.5 Å². The van der Waals surface area contributed by atoms with E-state index in [0.717, 1.165) is 23.1 Å². The van der Waals surface area contributed by atoms with Gasteiger partial charge in [0.15, 0.2) is 6.10 Å². The molecule has 0 aliphatic rings. The summed E-state index contributed by atoms with van der Waals surface area (Å²) in [5, 5.41) is 5.64. The lowest BCUT2D eigenvalue weighted by Crippen LogP contribution is -2.32. The highest BCUT2D eigenvalue weighted by Crippen LogP contribution is 2.25. The molecule has 0 bridgehead atoms. The van der Waals surface area contributed by atoms with Gasteiger partial charge < -0.3 is 15.4 Å². The molecule has 144 valence electrons. The van der Waals surface area contributed by atoms with Crippen LogP contribution in [0.2, 0.25) is 0 Å². The third-order valence-corrected chi connectivity index (χ3v) is 4.40. The molecule has 2 rings (SSSR count). The quantitative estimate of drug-likeness (QED) is 0.771. The van der Waals surface area contributed by atoms with Gasteiger partial charge in [-0.3, -0.25) is 9.59 Å². The zero-order valence-corrected chi connectivity index (χ0v) is 16.7. The van der Waals surface area contributed by atoms with Crippen molar-refractivity contribution in [1.82, 2.24) is 5.32 Å². The van der Waals surface area contributed by atoms with Crippen molar-refractivity contribution < 1.29 is 14.3 Å². The molecule has 2 N–H and O–H groups in total. The topological polar surface area (TPSA) is 67.4 Å². The molecular formula is C22H28N2O3. The van der Waals surface area contributed by atoms with Gasteiger partial charge in [-0.15, -0.1) is 0 Å². The number of nitrogens with one attached hydrogen (secondary N) is 2. The summed E-state index contributed by atoms with van der Waals surface area (Å²) in [5.41, 5.74) is 4.13. The van der Waals surface area contributed by atoms with Crippen LogP contribution in [0, 0.1) is 20.8 Å². The molecule has 27 heavy (non-hydrogen) atoms. The van der Waals surface area contributed by atoms with Crippen molar-refractivity contribution in [2.75, 3.05) is 11.9 Å². The zero-order chi connectivity index (χ0) is 20.0. The summed E-state index contributed by atoms with van der Waals surface area (Å²) in [6, 6.07) is 11.0. The SMILES string of the molecule is CCCNC(=O)c1ccccc1NC(=O)[C@@H](C)Oc1cc(C)cc(C)c1C. The standard InChI is InChI=1S/C22H28N2O3/c1-6-11-23-22(26)18-9-7-8-10-19(18)24-21(25)17(5)27-20-13-14(2)12-15(3)16(20)4/h7-10,12-13,17H,6,11H2,1-5H3,(H,23,26)(H,24,25)/t17-/m1/s1. The van der Waals surface area contributed by atoms with Crippen LogP contribution >= 0.6 is 0 Å². The Balaban J connectivity index is 2.12. The van der Waals surface area contributed by atoms with Crippen molar-refractivity contribution in [3.8, 4) is 5.75 Å². The Morgan fingerprint density at radius 3 is 2.52 bits per heavy atom. The lowest BCUT2D eigenvalue weighted by atomic mass is 10.1. The van der Waals surface area contributed by atoms with Crippen LogP contribution in [-0.4, -0.2) is 24.5 Å². The lowest BCUT2D eigenvalue weighted by Gasteiger charge is -2.19. The second-order valence-electron chi connectivity index (χ2n) is 6.76. The van der Waals surface area contributed by atoms with Gasteiger partial charge in [-0.05, 0) is 69.0 Å². The molecular weight excluding hydrogens is 340 g/mol. The number of benzene rings is 2. The van der Waals surface area contributed by atoms with Crippen LogP contribution in [0.3, 0.4) is 0 Å². The number of hydrogen-bond donors (Lipinski definition) is 2. The molecule has 0 aliphatic heterocycles. The van der Waals surface area contributed by atoms with Crippen LogP contribution in [0.5, 0.6) is 5.75 Å². The van der Waals surface area contributed by atoms with E-state index in [1.54, 1.807) is 31.2 Å². The number of ether oxygens (including phenoxy) is 1. The van der Waals surface area contributed by atoms with E-state index in [9.17, 15) is 9.59 Å². The van der Waals surface area contributed by atoms with Crippen molar-refractivity contribution in [3.63, 3.8) is 0 Å². The summed E-state index contributed by atoms with van der Waals surface area (Å²) in [4.78, 5) is 24.9. The van der Waals surface area contributed by atoms with E-state index in [1.165, 1.54) is 0 Å². The summed E-state index contributed by atoms with van der Waals surface area (Å²) < 4.78 is 5.89. The number of aryl methyl sites for hydroxylation is 2. The minimum absolute atomic E-state index is 0.202. The Hall–Kier alpha value is -2.82. The number of rotatable bonds is 7. The average Bonchev–Trinajstić information content (AvgIpc) is 2.64. The van der Waals surface area contributed by atoms with Crippen molar-refractivity contribution in [2.24, 2.45) is 0 Å². The van der Waals surface area contributed by atoms with E-state index >= 15 is 0 Å². The van der Waals surface area contributed by atoms with Crippen LogP contribution in [0.25, 0.3) is 0 Å². The second-order valence-corrected chi connectivity index (χ2v) is 6.76. The van der Waals surface area contributed by atoms with Crippen molar-refractivity contribution in [3.05, 3.63) is 58.7 Å². The van der Waals surface area contributed by atoms with Gasteiger partial charge in [0.1, 0.15) is 5.75 Å². The summed E-state index contributed by atoms with van der Waals surface area (Å²) in [7, 11) is 0. The van der Waals surface area contributed by atoms with Crippen molar-refractivity contribution >= 4 is 17.5 Å². The van der Waals surface area contributed by atoms with E-state index in [4.69, 9.17) is 4.74 Å². The third-order valence-electron chi connectivity index (χ3n) is 4.40. The molecule has 0 unspecified atom stereocenters. The maximum absolute atomic E-state index is 12.6. The molecule has 0 fully saturated rings. The van der Waals surface area contributed by atoms with Gasteiger partial charge in [0.2, 0.25) is 0 Å². The van der Waals surface area contributed by atoms with Crippen LogP contribution < -0.4 is 15.4 Å². The zero-order valence-electron chi connectivity index (χ0n) is 16.7. The minimum atomic E-state index is -0.698. The Bertz CT molecular complexity index is 830. The van der Waals surface area contributed by atoms with Gasteiger partial charge in [0, 0.05) is 6.54 Å². The Morgan fingerprint density at radius 2 is 1.81 bits per heavy atom. The third kappa shape index (κ3) is 5.33. The highest BCUT2D eigenvalue weighted by Gasteiger charge is 2.19. The van der Waals surface area contributed by atoms with Gasteiger partial charge in [0.05, 0.1) is 11.3 Å². The largest absolute Gasteiger partial charge is 0.481 e. The van der Waals surface area contributed by atoms with Crippen LogP contribution in [0.1, 0.15) is 47.3 Å². The molecule has 2 aromatic carbocycles. The Labute approximate surface area is 161 Å². The highest BCUT2D eigenvalue weighted by molar-refractivity contribution is 6.04. The molecule has 0 radical (unpaired) electrons. The number of para-hydroxylation sites is 1. The monoisotopic (exact) mass is 368 g/mol. The lowest BCUT2D eigenvalue weighted by molar-refractivity contribution is -0.122. The highest BCUT2D eigenvalue weighted by atomic mass is 16.5.